The molecule has 0 radical (unpaired) electrons. The van der Waals surface area contributed by atoms with Crippen LogP contribution in [0, 0.1) is 0 Å². The van der Waals surface area contributed by atoms with E-state index in [-0.39, 0.29) is 0 Å². The summed E-state index contributed by atoms with van der Waals surface area (Å²) in [5.74, 6) is 1.84. The van der Waals surface area contributed by atoms with Crippen molar-refractivity contribution in [1.82, 2.24) is 29.5 Å². The molecule has 0 bridgehead atoms. The van der Waals surface area contributed by atoms with Crippen LogP contribution >= 0.6 is 0 Å². The van der Waals surface area contributed by atoms with E-state index in [2.05, 4.69) is 187 Å². The van der Waals surface area contributed by atoms with Crippen LogP contribution in [0.15, 0.2) is 207 Å². The van der Waals surface area contributed by atoms with Gasteiger partial charge in [0.1, 0.15) is 0 Å². The monoisotopic (exact) mass is 778 g/mol. The van der Waals surface area contributed by atoms with Crippen LogP contribution in [-0.2, 0) is 0 Å². The van der Waals surface area contributed by atoms with Crippen molar-refractivity contribution >= 4 is 54.4 Å². The summed E-state index contributed by atoms with van der Waals surface area (Å²) >= 11 is 0. The SMILES string of the molecule is c1ccc(-c2ccc(-c3nc(-c4ccc(-c5ccccc5)cc4)nc(-c4ccc(-n5c6ccccc6c6cc7c8ccccc8c8nccnc8c7cc65)cc4)n3)cc2)cc1. The Morgan fingerprint density at radius 1 is 0.279 bits per heavy atom. The molecule has 3 aromatic heterocycles. The van der Waals surface area contributed by atoms with Crippen LogP contribution in [0.3, 0.4) is 0 Å². The number of para-hydroxylation sites is 1. The predicted octanol–water partition coefficient (Wildman–Crippen LogP) is 13.6. The van der Waals surface area contributed by atoms with Crippen molar-refractivity contribution in [3.63, 3.8) is 0 Å². The van der Waals surface area contributed by atoms with Gasteiger partial charge in [0, 0.05) is 56.3 Å². The van der Waals surface area contributed by atoms with Crippen LogP contribution in [0.5, 0.6) is 0 Å². The smallest absolute Gasteiger partial charge is 0.164 e. The molecule has 0 N–H and O–H groups in total. The van der Waals surface area contributed by atoms with E-state index in [0.29, 0.717) is 17.5 Å². The van der Waals surface area contributed by atoms with Gasteiger partial charge in [-0.25, -0.2) is 15.0 Å². The van der Waals surface area contributed by atoms with E-state index in [1.807, 2.05) is 12.1 Å². The highest BCUT2D eigenvalue weighted by Crippen LogP contribution is 2.40. The Bertz CT molecular complexity index is 3500. The van der Waals surface area contributed by atoms with E-state index < -0.39 is 0 Å². The van der Waals surface area contributed by atoms with Crippen molar-refractivity contribution < 1.29 is 0 Å². The maximum absolute atomic E-state index is 5.11. The van der Waals surface area contributed by atoms with Gasteiger partial charge in [0.15, 0.2) is 17.5 Å². The van der Waals surface area contributed by atoms with E-state index in [0.717, 1.165) is 77.5 Å². The van der Waals surface area contributed by atoms with Crippen molar-refractivity contribution in [2.75, 3.05) is 0 Å². The molecule has 0 atom stereocenters. The van der Waals surface area contributed by atoms with Crippen molar-refractivity contribution in [2.45, 2.75) is 0 Å². The second-order valence-electron chi connectivity index (χ2n) is 15.3. The van der Waals surface area contributed by atoms with Gasteiger partial charge < -0.3 is 4.57 Å². The number of benzene rings is 9. The second-order valence-corrected chi connectivity index (χ2v) is 15.3. The quantitative estimate of drug-likeness (QED) is 0.157. The minimum atomic E-state index is 0.607. The standard InChI is InChI=1S/C55H34N6/c1-3-11-35(12-4-1)37-19-23-39(24-20-37)53-58-54(40-25-21-38(22-26-40)36-13-5-2-6-14-36)60-55(59-53)41-27-29-42(30-28-41)61-49-18-10-9-16-44(49)47-33-46-43-15-7-8-17-45(43)51-52(57-32-31-56-51)48(46)34-50(47)61/h1-34H. The molecule has 0 saturated carbocycles. The molecule has 0 fully saturated rings. The van der Waals surface area contributed by atoms with Gasteiger partial charge in [-0.1, -0.05) is 152 Å². The summed E-state index contributed by atoms with van der Waals surface area (Å²) in [7, 11) is 0. The van der Waals surface area contributed by atoms with Gasteiger partial charge in [-0.05, 0) is 75.5 Å². The van der Waals surface area contributed by atoms with E-state index in [1.165, 1.54) is 21.5 Å². The topological polar surface area (TPSA) is 69.4 Å². The first-order chi connectivity index (χ1) is 30.2. The fraction of sp³-hybridized carbons (Fsp3) is 0. The molecule has 284 valence electrons. The molecular weight excluding hydrogens is 745 g/mol. The van der Waals surface area contributed by atoms with Crippen LogP contribution in [0.4, 0.5) is 0 Å². The molecule has 6 heteroatoms. The van der Waals surface area contributed by atoms with Crippen molar-refractivity contribution in [1.29, 1.82) is 0 Å². The fourth-order valence-corrected chi connectivity index (χ4v) is 8.78. The summed E-state index contributed by atoms with van der Waals surface area (Å²) < 4.78 is 2.35. The number of nitrogens with zero attached hydrogens (tertiary/aromatic N) is 6. The molecule has 0 aliphatic heterocycles. The molecule has 0 aliphatic rings. The number of fused-ring (bicyclic) bond motifs is 9. The molecule has 0 saturated heterocycles. The third-order valence-electron chi connectivity index (χ3n) is 11.8. The Labute approximate surface area is 351 Å². The lowest BCUT2D eigenvalue weighted by atomic mass is 9.97. The normalized spacial score (nSPS) is 11.6. The van der Waals surface area contributed by atoms with E-state index in [1.54, 1.807) is 12.4 Å². The summed E-state index contributed by atoms with van der Waals surface area (Å²) in [6.45, 7) is 0. The lowest BCUT2D eigenvalue weighted by molar-refractivity contribution is 1.07. The fourth-order valence-electron chi connectivity index (χ4n) is 8.78. The van der Waals surface area contributed by atoms with Gasteiger partial charge in [-0.3, -0.25) is 9.97 Å². The summed E-state index contributed by atoms with van der Waals surface area (Å²) in [6.07, 6.45) is 3.56. The zero-order chi connectivity index (χ0) is 40.3. The molecule has 0 spiro atoms. The third-order valence-corrected chi connectivity index (χ3v) is 11.8. The largest absolute Gasteiger partial charge is 0.309 e. The van der Waals surface area contributed by atoms with Gasteiger partial charge >= 0.3 is 0 Å². The number of rotatable bonds is 6. The van der Waals surface area contributed by atoms with Crippen molar-refractivity contribution in [3.8, 4) is 62.1 Å². The Kier molecular flexibility index (Phi) is 8.06. The minimum absolute atomic E-state index is 0.607. The molecule has 0 aliphatic carbocycles. The first-order valence-corrected chi connectivity index (χ1v) is 20.4. The van der Waals surface area contributed by atoms with E-state index in [4.69, 9.17) is 24.9 Å². The summed E-state index contributed by atoms with van der Waals surface area (Å²) in [5.41, 5.74) is 12.4. The molecule has 6 nitrogen and oxygen atoms in total. The van der Waals surface area contributed by atoms with Crippen molar-refractivity contribution in [3.05, 3.63) is 207 Å². The van der Waals surface area contributed by atoms with Gasteiger partial charge in [-0.2, -0.15) is 0 Å². The highest BCUT2D eigenvalue weighted by atomic mass is 15.0. The Morgan fingerprint density at radius 3 is 1.26 bits per heavy atom. The highest BCUT2D eigenvalue weighted by molar-refractivity contribution is 6.27. The third kappa shape index (κ3) is 5.92. The van der Waals surface area contributed by atoms with Crippen LogP contribution in [0.1, 0.15) is 0 Å². The van der Waals surface area contributed by atoms with Gasteiger partial charge in [0.2, 0.25) is 0 Å². The zero-order valence-corrected chi connectivity index (χ0v) is 32.8. The molecule has 12 rings (SSSR count). The first-order valence-electron chi connectivity index (χ1n) is 20.4. The average molecular weight is 779 g/mol. The predicted molar refractivity (Wildman–Crippen MR) is 249 cm³/mol. The average Bonchev–Trinajstić information content (AvgIpc) is 3.67. The Hall–Kier alpha value is -8.35. The van der Waals surface area contributed by atoms with Crippen LogP contribution in [0.2, 0.25) is 0 Å². The maximum atomic E-state index is 5.11. The zero-order valence-electron chi connectivity index (χ0n) is 32.8. The van der Waals surface area contributed by atoms with Crippen molar-refractivity contribution in [2.24, 2.45) is 0 Å². The summed E-state index contributed by atoms with van der Waals surface area (Å²) in [4.78, 5) is 24.9. The van der Waals surface area contributed by atoms with Crippen LogP contribution in [0.25, 0.3) is 116 Å². The lowest BCUT2D eigenvalue weighted by Crippen LogP contribution is -2.01. The second kappa shape index (κ2) is 14.2. The Balaban J connectivity index is 0.992. The summed E-state index contributed by atoms with van der Waals surface area (Å²) in [6, 6.07) is 68.0. The van der Waals surface area contributed by atoms with Gasteiger partial charge in [0.25, 0.3) is 0 Å². The molecule has 12 aromatic rings. The molecular formula is C55H34N6. The number of aromatic nitrogens is 6. The van der Waals surface area contributed by atoms with E-state index in [9.17, 15) is 0 Å². The number of hydrogen-bond donors (Lipinski definition) is 0. The number of hydrogen-bond acceptors (Lipinski definition) is 5. The first kappa shape index (κ1) is 34.7. The van der Waals surface area contributed by atoms with Gasteiger partial charge in [-0.15, -0.1) is 0 Å². The lowest BCUT2D eigenvalue weighted by Gasteiger charge is -2.12. The molecule has 3 heterocycles. The minimum Gasteiger partial charge on any atom is -0.309 e. The van der Waals surface area contributed by atoms with Gasteiger partial charge in [0.05, 0.1) is 22.1 Å². The molecule has 0 amide bonds. The van der Waals surface area contributed by atoms with Crippen LogP contribution < -0.4 is 0 Å². The Morgan fingerprint density at radius 2 is 0.705 bits per heavy atom. The summed E-state index contributed by atoms with van der Waals surface area (Å²) in [5, 5.41) is 6.90. The molecule has 0 unspecified atom stereocenters. The molecule has 61 heavy (non-hydrogen) atoms. The molecule has 9 aromatic carbocycles. The van der Waals surface area contributed by atoms with E-state index >= 15 is 0 Å². The van der Waals surface area contributed by atoms with Crippen LogP contribution in [-0.4, -0.2) is 29.5 Å². The maximum Gasteiger partial charge on any atom is 0.164 e. The highest BCUT2D eigenvalue weighted by Gasteiger charge is 2.18.